The van der Waals surface area contributed by atoms with Gasteiger partial charge in [0.15, 0.2) is 0 Å². The van der Waals surface area contributed by atoms with E-state index in [0.717, 1.165) is 4.02 Å². The molecule has 139 valence electrons. The van der Waals surface area contributed by atoms with Crippen LogP contribution in [0, 0.1) is 91.0 Å². The maximum atomic E-state index is 7.50. The van der Waals surface area contributed by atoms with Crippen molar-refractivity contribution in [2.24, 2.45) is 0 Å². The summed E-state index contributed by atoms with van der Waals surface area (Å²) < 4.78 is 53.4. The fourth-order valence-corrected chi connectivity index (χ4v) is 0.433. The molecule has 8 nitrogen and oxygen atoms in total. The van der Waals surface area contributed by atoms with Gasteiger partial charge in [0, 0.05) is 0 Å². The monoisotopic (exact) mass is 627 g/mol. The van der Waals surface area contributed by atoms with Crippen LogP contribution in [-0.2, 0) is 71.4 Å². The Morgan fingerprint density at radius 2 is 0.778 bits per heavy atom. The average Bonchev–Trinajstić information content (AvgIpc) is 3.38. The van der Waals surface area contributed by atoms with E-state index in [2.05, 4.69) is 52.5 Å². The zero-order valence-corrected chi connectivity index (χ0v) is 18.6. The molecule has 0 spiro atoms. The van der Waals surface area contributed by atoms with Gasteiger partial charge in [-0.25, -0.2) is 0 Å². The third-order valence-corrected chi connectivity index (χ3v) is 2.75. The first-order valence-corrected chi connectivity index (χ1v) is 6.38. The minimum absolute atomic E-state index is 0. The molecular formula is C17H11NO7RuW+. The minimum Gasteiger partial charge on any atom is -0.0312 e. The van der Waals surface area contributed by atoms with Crippen molar-refractivity contribution >= 4 is 4.02 Å². The molecule has 5 radical (unpaired) electrons. The molecule has 0 aliphatic heterocycles. The summed E-state index contributed by atoms with van der Waals surface area (Å²) >= 11 is 1.29. The molecule has 1 saturated carbocycles. The Bertz CT molecular complexity index is 359. The van der Waals surface area contributed by atoms with Crippen molar-refractivity contribution in [3.8, 4) is 5.92 Å². The second kappa shape index (κ2) is 120. The van der Waals surface area contributed by atoms with Gasteiger partial charge >= 0.3 is 153 Å². The summed E-state index contributed by atoms with van der Waals surface area (Å²) in [5.74, 6) is 2.29. The Kier molecular flexibility index (Phi) is 250. The van der Waals surface area contributed by atoms with Gasteiger partial charge in [0.1, 0.15) is 0 Å². The largest absolute Gasteiger partial charge is 2.00 e. The van der Waals surface area contributed by atoms with Gasteiger partial charge < -0.3 is 0 Å². The van der Waals surface area contributed by atoms with Gasteiger partial charge in [-0.05, 0) is 32.1 Å². The molecule has 1 aliphatic rings. The first-order chi connectivity index (χ1) is 12.7. The SMILES string of the molecule is [C-]#C[C](=[W])N(C)C.[C-]#[O+].[C-]#[O+].[C-]#[O+].[C-]#[O+].[C-]#[O+].[C-]#[O+].[C-]#[O+].[CH]1[CH][CH][CH][CH]1.[Ru+2]. The number of hydrogen-bond donors (Lipinski definition) is 0. The summed E-state index contributed by atoms with van der Waals surface area (Å²) in [6.07, 6.45) is 16.6. The summed E-state index contributed by atoms with van der Waals surface area (Å²) in [5.41, 5.74) is 0. The van der Waals surface area contributed by atoms with E-state index in [9.17, 15) is 0 Å². The molecule has 0 aromatic rings. The Morgan fingerprint density at radius 3 is 0.815 bits per heavy atom. The second-order valence-corrected chi connectivity index (χ2v) is 3.68. The standard InChI is InChI=1S/C5H6N.C5H5.7CO.Ru.W/c1-4-5-6(2)3;1-2-4-5-3-1;7*1-2;;/h2-3H3;1-5H;;;;;;;;;/q-1;;;;;;;;;+2;. The van der Waals surface area contributed by atoms with Gasteiger partial charge in [-0.15, -0.1) is 0 Å². The van der Waals surface area contributed by atoms with Crippen LogP contribution in [0.5, 0.6) is 0 Å². The Labute approximate surface area is 185 Å². The van der Waals surface area contributed by atoms with Gasteiger partial charge in [-0.1, -0.05) is 0 Å². The van der Waals surface area contributed by atoms with E-state index in [1.54, 1.807) is 0 Å². The molecule has 0 unspecified atom stereocenters. The number of rotatable bonds is 1. The summed E-state index contributed by atoms with van der Waals surface area (Å²) in [4.78, 5) is 1.88. The zero-order chi connectivity index (χ0) is 23.4. The van der Waals surface area contributed by atoms with Crippen molar-refractivity contribution in [3.05, 3.63) is 85.1 Å². The topological polar surface area (TPSA) is 143 Å². The minimum atomic E-state index is 0. The van der Waals surface area contributed by atoms with Crippen LogP contribution in [-0.4, -0.2) is 23.0 Å². The van der Waals surface area contributed by atoms with Crippen LogP contribution >= 0.6 is 0 Å². The second-order valence-electron chi connectivity index (χ2n) is 2.29. The molecule has 1 aliphatic carbocycles. The molecular weight excluding hydrogens is 615 g/mol. The fourth-order valence-electron chi connectivity index (χ4n) is 0.433. The first kappa shape index (κ1) is 56.2. The van der Waals surface area contributed by atoms with Crippen LogP contribution in [0.3, 0.4) is 0 Å². The summed E-state index contributed by atoms with van der Waals surface area (Å²) in [5, 5.41) is 0. The van der Waals surface area contributed by atoms with Crippen molar-refractivity contribution in [2.45, 2.75) is 0 Å². The molecule has 27 heavy (non-hydrogen) atoms. The van der Waals surface area contributed by atoms with Gasteiger partial charge in [-0.3, -0.25) is 0 Å². The average molecular weight is 626 g/mol. The molecule has 0 atom stereocenters. The molecule has 0 amide bonds. The van der Waals surface area contributed by atoms with Crippen LogP contribution in [0.15, 0.2) is 0 Å². The zero-order valence-electron chi connectivity index (χ0n) is 14.0. The predicted octanol–water partition coefficient (Wildman–Crippen LogP) is 0.571. The van der Waals surface area contributed by atoms with E-state index < -0.39 is 0 Å². The van der Waals surface area contributed by atoms with E-state index in [1.807, 2.05) is 51.1 Å². The summed E-state index contributed by atoms with van der Waals surface area (Å²) in [6, 6.07) is 0. The van der Waals surface area contributed by atoms with E-state index in [1.165, 1.54) is 19.4 Å². The van der Waals surface area contributed by atoms with Gasteiger partial charge in [0.2, 0.25) is 0 Å². The van der Waals surface area contributed by atoms with Crippen LogP contribution in [0.4, 0.5) is 0 Å². The molecule has 0 heterocycles. The van der Waals surface area contributed by atoms with E-state index in [-0.39, 0.29) is 19.5 Å². The molecule has 1 rings (SSSR count). The van der Waals surface area contributed by atoms with E-state index in [4.69, 9.17) is 39.0 Å². The third kappa shape index (κ3) is 133. The normalized spacial score (nSPS) is 7.11. The van der Waals surface area contributed by atoms with E-state index in [0.29, 0.717) is 0 Å². The molecule has 0 saturated heterocycles. The predicted molar refractivity (Wildman–Crippen MR) is 74.8 cm³/mol. The molecule has 1 fully saturated rings. The Morgan fingerprint density at radius 1 is 0.630 bits per heavy atom. The summed E-state index contributed by atoms with van der Waals surface area (Å²) in [7, 11) is 3.81. The fraction of sp³-hybridized carbons (Fsp3) is 0.118. The van der Waals surface area contributed by atoms with Gasteiger partial charge in [0.25, 0.3) is 0 Å². The van der Waals surface area contributed by atoms with Crippen molar-refractivity contribution < 1.29 is 71.4 Å². The Hall–Kier alpha value is -1.12. The molecule has 0 aromatic carbocycles. The van der Waals surface area contributed by atoms with E-state index >= 15 is 0 Å². The van der Waals surface area contributed by atoms with Crippen molar-refractivity contribution in [1.82, 2.24) is 4.90 Å². The maximum Gasteiger partial charge on any atom is 2.00 e. The quantitative estimate of drug-likeness (QED) is 0.179. The summed E-state index contributed by atoms with van der Waals surface area (Å²) in [6.45, 7) is 31.5. The maximum absolute atomic E-state index is 7.50. The Balaban J connectivity index is -0.0000000208. The van der Waals surface area contributed by atoms with Crippen molar-refractivity contribution in [2.75, 3.05) is 14.1 Å². The molecule has 0 aromatic heterocycles. The van der Waals surface area contributed by atoms with Crippen LogP contribution in [0.2, 0.25) is 0 Å². The molecule has 0 N–H and O–H groups in total. The number of nitrogens with zero attached hydrogens (tertiary/aromatic N) is 1. The van der Waals surface area contributed by atoms with Crippen LogP contribution < -0.4 is 0 Å². The van der Waals surface area contributed by atoms with Crippen molar-refractivity contribution in [1.29, 1.82) is 0 Å². The number of hydrogen-bond acceptors (Lipinski definition) is 1. The third-order valence-electron chi connectivity index (χ3n) is 1.07. The van der Waals surface area contributed by atoms with Crippen molar-refractivity contribution in [3.63, 3.8) is 0 Å². The molecule has 10 heteroatoms. The van der Waals surface area contributed by atoms with Crippen LogP contribution in [0.1, 0.15) is 0 Å². The van der Waals surface area contributed by atoms with Gasteiger partial charge in [-0.2, -0.15) is 0 Å². The van der Waals surface area contributed by atoms with Crippen LogP contribution in [0.25, 0.3) is 0 Å². The first-order valence-electron chi connectivity index (χ1n) is 4.92. The smallest absolute Gasteiger partial charge is 0.0312 e. The molecule has 0 bridgehead atoms. The van der Waals surface area contributed by atoms with Gasteiger partial charge in [0.05, 0.1) is 0 Å².